The first-order valence-electron chi connectivity index (χ1n) is 6.95. The largest absolute Gasteiger partial charge is 0.469 e. The fraction of sp³-hybridized carbons (Fsp3) is 0.250. The van der Waals surface area contributed by atoms with Crippen LogP contribution < -0.4 is 5.32 Å². The molecule has 0 aliphatic rings. The van der Waals surface area contributed by atoms with Gasteiger partial charge in [-0.2, -0.15) is 0 Å². The van der Waals surface area contributed by atoms with Crippen molar-refractivity contribution in [3.05, 3.63) is 59.9 Å². The standard InChI is InChI=1S/C16H17N3O2/c1-3-17-14(12-7-5-4-6-8-12)16-19-18-15(21-16)13-9-10-20-11(13)2/h4-10,14,17H,3H2,1-2H3. The van der Waals surface area contributed by atoms with Gasteiger partial charge in [-0.25, -0.2) is 0 Å². The first-order chi connectivity index (χ1) is 10.3. The Kier molecular flexibility index (Phi) is 3.83. The van der Waals surface area contributed by atoms with E-state index in [4.69, 9.17) is 8.83 Å². The lowest BCUT2D eigenvalue weighted by Gasteiger charge is -2.13. The van der Waals surface area contributed by atoms with Crippen molar-refractivity contribution in [2.45, 2.75) is 19.9 Å². The summed E-state index contributed by atoms with van der Waals surface area (Å²) in [5, 5.41) is 11.7. The van der Waals surface area contributed by atoms with E-state index in [0.29, 0.717) is 11.8 Å². The third kappa shape index (κ3) is 2.73. The van der Waals surface area contributed by atoms with E-state index in [2.05, 4.69) is 15.5 Å². The number of aromatic nitrogens is 2. The summed E-state index contributed by atoms with van der Waals surface area (Å²) in [6.45, 7) is 4.73. The number of rotatable bonds is 5. The van der Waals surface area contributed by atoms with Crippen LogP contribution in [0.15, 0.2) is 51.5 Å². The highest BCUT2D eigenvalue weighted by molar-refractivity contribution is 5.54. The molecular weight excluding hydrogens is 266 g/mol. The van der Waals surface area contributed by atoms with Crippen molar-refractivity contribution in [2.75, 3.05) is 6.54 Å². The fourth-order valence-electron chi connectivity index (χ4n) is 2.26. The predicted octanol–water partition coefficient (Wildman–Crippen LogP) is 3.34. The first kappa shape index (κ1) is 13.6. The second kappa shape index (κ2) is 5.93. The van der Waals surface area contributed by atoms with Gasteiger partial charge in [0.1, 0.15) is 11.8 Å². The number of aryl methyl sites for hydroxylation is 1. The minimum Gasteiger partial charge on any atom is -0.469 e. The predicted molar refractivity (Wildman–Crippen MR) is 78.7 cm³/mol. The van der Waals surface area contributed by atoms with Crippen LogP contribution >= 0.6 is 0 Å². The number of nitrogens with one attached hydrogen (secondary N) is 1. The first-order valence-corrected chi connectivity index (χ1v) is 6.95. The molecule has 3 rings (SSSR count). The smallest absolute Gasteiger partial charge is 0.251 e. The molecule has 0 saturated heterocycles. The van der Waals surface area contributed by atoms with Crippen LogP contribution in [0.5, 0.6) is 0 Å². The third-order valence-electron chi connectivity index (χ3n) is 3.32. The quantitative estimate of drug-likeness (QED) is 0.778. The summed E-state index contributed by atoms with van der Waals surface area (Å²) in [7, 11) is 0. The van der Waals surface area contributed by atoms with Gasteiger partial charge in [0.05, 0.1) is 11.8 Å². The van der Waals surface area contributed by atoms with Crippen molar-refractivity contribution in [2.24, 2.45) is 0 Å². The lowest BCUT2D eigenvalue weighted by atomic mass is 10.1. The molecule has 3 aromatic rings. The highest BCUT2D eigenvalue weighted by Gasteiger charge is 2.21. The van der Waals surface area contributed by atoms with E-state index in [9.17, 15) is 0 Å². The van der Waals surface area contributed by atoms with Gasteiger partial charge in [-0.3, -0.25) is 0 Å². The van der Waals surface area contributed by atoms with Gasteiger partial charge in [-0.1, -0.05) is 37.3 Å². The number of hydrogen-bond acceptors (Lipinski definition) is 5. The van der Waals surface area contributed by atoms with Crippen LogP contribution in [-0.2, 0) is 0 Å². The maximum atomic E-state index is 5.83. The molecule has 1 aromatic carbocycles. The molecule has 108 valence electrons. The van der Waals surface area contributed by atoms with Gasteiger partial charge in [0.25, 0.3) is 5.89 Å². The molecule has 0 amide bonds. The lowest BCUT2D eigenvalue weighted by Crippen LogP contribution is -2.22. The van der Waals surface area contributed by atoms with E-state index in [0.717, 1.165) is 23.4 Å². The number of furan rings is 1. The summed E-state index contributed by atoms with van der Waals surface area (Å²) < 4.78 is 11.1. The minimum absolute atomic E-state index is 0.107. The van der Waals surface area contributed by atoms with Crippen LogP contribution in [0.3, 0.4) is 0 Å². The summed E-state index contributed by atoms with van der Waals surface area (Å²) in [6.07, 6.45) is 1.62. The molecule has 1 unspecified atom stereocenters. The third-order valence-corrected chi connectivity index (χ3v) is 3.32. The Labute approximate surface area is 123 Å². The molecule has 1 N–H and O–H groups in total. The van der Waals surface area contributed by atoms with E-state index in [1.807, 2.05) is 50.2 Å². The maximum Gasteiger partial charge on any atom is 0.251 e. The Bertz CT molecular complexity index is 703. The molecule has 2 heterocycles. The molecule has 1 atom stereocenters. The van der Waals surface area contributed by atoms with Crippen LogP contribution in [0.2, 0.25) is 0 Å². The molecular formula is C16H17N3O2. The molecule has 0 radical (unpaired) electrons. The molecule has 0 fully saturated rings. The van der Waals surface area contributed by atoms with E-state index in [-0.39, 0.29) is 6.04 Å². The molecule has 5 nitrogen and oxygen atoms in total. The molecule has 0 spiro atoms. The van der Waals surface area contributed by atoms with E-state index < -0.39 is 0 Å². The van der Waals surface area contributed by atoms with Crippen LogP contribution in [0, 0.1) is 6.92 Å². The molecule has 5 heteroatoms. The summed E-state index contributed by atoms with van der Waals surface area (Å²) >= 11 is 0. The van der Waals surface area contributed by atoms with Gasteiger partial charge in [-0.05, 0) is 25.1 Å². The normalized spacial score (nSPS) is 12.5. The Morgan fingerprint density at radius 3 is 2.62 bits per heavy atom. The lowest BCUT2D eigenvalue weighted by molar-refractivity contribution is 0.443. The van der Waals surface area contributed by atoms with Gasteiger partial charge in [0.15, 0.2) is 0 Å². The number of benzene rings is 1. The Hall–Kier alpha value is -2.40. The zero-order chi connectivity index (χ0) is 14.7. The zero-order valence-corrected chi connectivity index (χ0v) is 12.0. The summed E-state index contributed by atoms with van der Waals surface area (Å²) in [6, 6.07) is 11.8. The van der Waals surface area contributed by atoms with Crippen LogP contribution in [0.1, 0.15) is 30.2 Å². The number of hydrogen-bond donors (Lipinski definition) is 1. The van der Waals surface area contributed by atoms with Gasteiger partial charge in [-0.15, -0.1) is 10.2 Å². The van der Waals surface area contributed by atoms with Crippen molar-refractivity contribution < 1.29 is 8.83 Å². The average Bonchev–Trinajstić information content (AvgIpc) is 3.14. The zero-order valence-electron chi connectivity index (χ0n) is 12.0. The highest BCUT2D eigenvalue weighted by atomic mass is 16.4. The molecule has 2 aromatic heterocycles. The fourth-order valence-corrected chi connectivity index (χ4v) is 2.26. The Morgan fingerprint density at radius 1 is 1.14 bits per heavy atom. The summed E-state index contributed by atoms with van der Waals surface area (Å²) in [4.78, 5) is 0. The van der Waals surface area contributed by atoms with Gasteiger partial charge < -0.3 is 14.2 Å². The summed E-state index contributed by atoms with van der Waals surface area (Å²) in [5.74, 6) is 1.80. The SMILES string of the molecule is CCNC(c1ccccc1)c1nnc(-c2ccoc2C)o1. The Balaban J connectivity index is 1.94. The van der Waals surface area contributed by atoms with Gasteiger partial charge in [0.2, 0.25) is 5.89 Å². The molecule has 0 bridgehead atoms. The highest BCUT2D eigenvalue weighted by Crippen LogP contribution is 2.27. The maximum absolute atomic E-state index is 5.83. The van der Waals surface area contributed by atoms with Gasteiger partial charge >= 0.3 is 0 Å². The average molecular weight is 283 g/mol. The monoisotopic (exact) mass is 283 g/mol. The molecule has 0 aliphatic heterocycles. The Morgan fingerprint density at radius 2 is 1.95 bits per heavy atom. The minimum atomic E-state index is -0.107. The number of nitrogens with zero attached hydrogens (tertiary/aromatic N) is 2. The van der Waals surface area contributed by atoms with Crippen LogP contribution in [0.25, 0.3) is 11.5 Å². The van der Waals surface area contributed by atoms with E-state index in [1.165, 1.54) is 0 Å². The van der Waals surface area contributed by atoms with Crippen molar-refractivity contribution >= 4 is 0 Å². The second-order valence-corrected chi connectivity index (χ2v) is 4.74. The van der Waals surface area contributed by atoms with E-state index >= 15 is 0 Å². The van der Waals surface area contributed by atoms with Gasteiger partial charge in [0, 0.05) is 0 Å². The molecule has 0 aliphatic carbocycles. The molecule has 0 saturated carbocycles. The van der Waals surface area contributed by atoms with Crippen molar-refractivity contribution in [3.63, 3.8) is 0 Å². The topological polar surface area (TPSA) is 64.1 Å². The van der Waals surface area contributed by atoms with Crippen molar-refractivity contribution in [1.29, 1.82) is 0 Å². The molecule has 21 heavy (non-hydrogen) atoms. The van der Waals surface area contributed by atoms with Crippen molar-refractivity contribution in [3.8, 4) is 11.5 Å². The van der Waals surface area contributed by atoms with E-state index in [1.54, 1.807) is 6.26 Å². The van der Waals surface area contributed by atoms with Crippen LogP contribution in [0.4, 0.5) is 0 Å². The second-order valence-electron chi connectivity index (χ2n) is 4.74. The summed E-state index contributed by atoms with van der Waals surface area (Å²) in [5.41, 5.74) is 1.93. The van der Waals surface area contributed by atoms with Crippen molar-refractivity contribution in [1.82, 2.24) is 15.5 Å². The van der Waals surface area contributed by atoms with Crippen LogP contribution in [-0.4, -0.2) is 16.7 Å².